The summed E-state index contributed by atoms with van der Waals surface area (Å²) >= 11 is 5.86. The third-order valence-corrected chi connectivity index (χ3v) is 2.44. The lowest BCUT2D eigenvalue weighted by atomic mass is 10.2. The summed E-state index contributed by atoms with van der Waals surface area (Å²) in [5, 5.41) is 0.362. The van der Waals surface area contributed by atoms with E-state index in [1.807, 2.05) is 24.3 Å². The van der Waals surface area contributed by atoms with Crippen LogP contribution in [0.4, 0.5) is 0 Å². The van der Waals surface area contributed by atoms with Crippen molar-refractivity contribution in [2.24, 2.45) is 5.73 Å². The second kappa shape index (κ2) is 3.92. The van der Waals surface area contributed by atoms with Gasteiger partial charge in [0.1, 0.15) is 5.15 Å². The summed E-state index contributed by atoms with van der Waals surface area (Å²) in [7, 11) is 0. The molecule has 0 spiro atoms. The van der Waals surface area contributed by atoms with Crippen LogP contribution in [0.5, 0.6) is 0 Å². The first kappa shape index (κ1) is 10.0. The number of hydrogen-bond acceptors (Lipinski definition) is 2. The first-order chi connectivity index (χ1) is 7.22. The third kappa shape index (κ3) is 1.82. The Morgan fingerprint density at radius 3 is 2.47 bits per heavy atom. The Morgan fingerprint density at radius 2 is 2.00 bits per heavy atom. The SMILES string of the molecule is NCc1ccc(-n2c(Cl)c[nH]c2=O)cc1. The molecule has 0 bridgehead atoms. The fraction of sp³-hybridized carbons (Fsp3) is 0.100. The molecule has 0 radical (unpaired) electrons. The Labute approximate surface area is 91.3 Å². The number of nitrogens with one attached hydrogen (secondary N) is 1. The molecule has 2 rings (SSSR count). The van der Waals surface area contributed by atoms with Crippen molar-refractivity contribution in [1.29, 1.82) is 0 Å². The zero-order valence-corrected chi connectivity index (χ0v) is 8.66. The lowest BCUT2D eigenvalue weighted by Gasteiger charge is -2.03. The summed E-state index contributed by atoms with van der Waals surface area (Å²) in [6.45, 7) is 0.482. The maximum absolute atomic E-state index is 11.4. The van der Waals surface area contributed by atoms with E-state index in [1.54, 1.807) is 0 Å². The quantitative estimate of drug-likeness (QED) is 0.806. The minimum atomic E-state index is -0.250. The van der Waals surface area contributed by atoms with Crippen LogP contribution in [-0.2, 0) is 6.54 Å². The van der Waals surface area contributed by atoms with E-state index in [2.05, 4.69) is 4.98 Å². The number of hydrogen-bond donors (Lipinski definition) is 2. The van der Waals surface area contributed by atoms with Gasteiger partial charge >= 0.3 is 5.69 Å². The molecule has 0 unspecified atom stereocenters. The molecule has 0 atom stereocenters. The number of imidazole rings is 1. The Bertz CT molecular complexity index is 512. The maximum Gasteiger partial charge on any atom is 0.331 e. The minimum absolute atomic E-state index is 0.250. The molecule has 5 heteroatoms. The topological polar surface area (TPSA) is 63.8 Å². The van der Waals surface area contributed by atoms with Crippen LogP contribution in [-0.4, -0.2) is 9.55 Å². The number of halogens is 1. The predicted octanol–water partition coefficient (Wildman–Crippen LogP) is 1.28. The number of aromatic nitrogens is 2. The van der Waals surface area contributed by atoms with Gasteiger partial charge in [-0.15, -0.1) is 0 Å². The molecule has 0 amide bonds. The number of benzene rings is 1. The van der Waals surface area contributed by atoms with Gasteiger partial charge in [0.25, 0.3) is 0 Å². The van der Waals surface area contributed by atoms with Crippen LogP contribution in [0.25, 0.3) is 5.69 Å². The normalized spacial score (nSPS) is 10.5. The van der Waals surface area contributed by atoms with Gasteiger partial charge < -0.3 is 10.7 Å². The molecule has 1 aromatic carbocycles. The van der Waals surface area contributed by atoms with Crippen LogP contribution in [0.2, 0.25) is 5.15 Å². The third-order valence-electron chi connectivity index (χ3n) is 2.16. The summed E-state index contributed by atoms with van der Waals surface area (Å²) in [5.74, 6) is 0. The average molecular weight is 224 g/mol. The van der Waals surface area contributed by atoms with Crippen molar-refractivity contribution in [3.63, 3.8) is 0 Å². The largest absolute Gasteiger partial charge is 0.331 e. The van der Waals surface area contributed by atoms with Crippen molar-refractivity contribution < 1.29 is 0 Å². The molecule has 0 saturated heterocycles. The van der Waals surface area contributed by atoms with Crippen LogP contribution in [0.3, 0.4) is 0 Å². The van der Waals surface area contributed by atoms with Gasteiger partial charge in [-0.3, -0.25) is 4.57 Å². The second-order valence-corrected chi connectivity index (χ2v) is 3.51. The van der Waals surface area contributed by atoms with E-state index in [4.69, 9.17) is 17.3 Å². The average Bonchev–Trinajstić information content (AvgIpc) is 2.59. The van der Waals surface area contributed by atoms with Crippen molar-refractivity contribution >= 4 is 11.6 Å². The molecule has 0 aliphatic rings. The number of nitrogens with two attached hydrogens (primary N) is 1. The van der Waals surface area contributed by atoms with Crippen LogP contribution >= 0.6 is 11.6 Å². The van der Waals surface area contributed by atoms with Gasteiger partial charge in [-0.1, -0.05) is 23.7 Å². The van der Waals surface area contributed by atoms with E-state index >= 15 is 0 Å². The molecule has 1 aromatic heterocycles. The molecule has 78 valence electrons. The molecule has 0 saturated carbocycles. The molecule has 15 heavy (non-hydrogen) atoms. The van der Waals surface area contributed by atoms with Gasteiger partial charge in [-0.2, -0.15) is 0 Å². The summed E-state index contributed by atoms with van der Waals surface area (Å²) in [6.07, 6.45) is 1.46. The molecule has 0 aliphatic heterocycles. The van der Waals surface area contributed by atoms with Crippen molar-refractivity contribution in [3.05, 3.63) is 51.7 Å². The van der Waals surface area contributed by atoms with Crippen molar-refractivity contribution in [3.8, 4) is 5.69 Å². The van der Waals surface area contributed by atoms with E-state index in [9.17, 15) is 4.79 Å². The standard InChI is InChI=1S/C10H10ClN3O/c11-9-6-13-10(15)14(9)8-3-1-7(5-12)2-4-8/h1-4,6H,5,12H2,(H,13,15). The Hall–Kier alpha value is -1.52. The van der Waals surface area contributed by atoms with E-state index in [1.165, 1.54) is 10.8 Å². The lowest BCUT2D eigenvalue weighted by Crippen LogP contribution is -2.14. The van der Waals surface area contributed by atoms with Gasteiger partial charge in [0, 0.05) is 12.7 Å². The molecule has 2 aromatic rings. The number of nitrogens with zero attached hydrogens (tertiary/aromatic N) is 1. The lowest BCUT2D eigenvalue weighted by molar-refractivity contribution is 0.981. The van der Waals surface area contributed by atoms with Gasteiger partial charge in [0.15, 0.2) is 0 Å². The zero-order valence-electron chi connectivity index (χ0n) is 7.90. The first-order valence-corrected chi connectivity index (χ1v) is 4.85. The molecular weight excluding hydrogens is 214 g/mol. The van der Waals surface area contributed by atoms with Crippen LogP contribution in [0.15, 0.2) is 35.3 Å². The van der Waals surface area contributed by atoms with Crippen LogP contribution < -0.4 is 11.4 Å². The molecular formula is C10H10ClN3O. The number of aromatic amines is 1. The van der Waals surface area contributed by atoms with Gasteiger partial charge in [0.2, 0.25) is 0 Å². The maximum atomic E-state index is 11.4. The zero-order chi connectivity index (χ0) is 10.8. The van der Waals surface area contributed by atoms with E-state index in [0.717, 1.165) is 11.3 Å². The Morgan fingerprint density at radius 1 is 1.33 bits per heavy atom. The summed E-state index contributed by atoms with van der Waals surface area (Å²) in [5.41, 5.74) is 6.97. The summed E-state index contributed by atoms with van der Waals surface area (Å²) in [4.78, 5) is 13.9. The van der Waals surface area contributed by atoms with E-state index < -0.39 is 0 Å². The fourth-order valence-electron chi connectivity index (χ4n) is 1.37. The van der Waals surface area contributed by atoms with Crippen molar-refractivity contribution in [1.82, 2.24) is 9.55 Å². The summed E-state index contributed by atoms with van der Waals surface area (Å²) in [6, 6.07) is 7.35. The smallest absolute Gasteiger partial charge is 0.326 e. The molecule has 0 fully saturated rings. The minimum Gasteiger partial charge on any atom is -0.326 e. The Balaban J connectivity index is 2.50. The number of rotatable bonds is 2. The predicted molar refractivity (Wildman–Crippen MR) is 59.3 cm³/mol. The van der Waals surface area contributed by atoms with E-state index in [0.29, 0.717) is 11.7 Å². The highest BCUT2D eigenvalue weighted by atomic mass is 35.5. The summed E-state index contributed by atoms with van der Waals surface area (Å²) < 4.78 is 1.39. The highest BCUT2D eigenvalue weighted by molar-refractivity contribution is 6.29. The van der Waals surface area contributed by atoms with Crippen LogP contribution in [0.1, 0.15) is 5.56 Å². The van der Waals surface area contributed by atoms with E-state index in [-0.39, 0.29) is 5.69 Å². The van der Waals surface area contributed by atoms with Crippen LogP contribution in [0, 0.1) is 0 Å². The monoisotopic (exact) mass is 223 g/mol. The fourth-order valence-corrected chi connectivity index (χ4v) is 1.60. The van der Waals surface area contributed by atoms with Crippen molar-refractivity contribution in [2.45, 2.75) is 6.54 Å². The molecule has 4 nitrogen and oxygen atoms in total. The van der Waals surface area contributed by atoms with Crippen molar-refractivity contribution in [2.75, 3.05) is 0 Å². The Kier molecular flexibility index (Phi) is 2.62. The molecule has 3 N–H and O–H groups in total. The second-order valence-electron chi connectivity index (χ2n) is 3.12. The first-order valence-electron chi connectivity index (χ1n) is 4.47. The van der Waals surface area contributed by atoms with Gasteiger partial charge in [-0.05, 0) is 17.7 Å². The number of H-pyrrole nitrogens is 1. The van der Waals surface area contributed by atoms with Gasteiger partial charge in [-0.25, -0.2) is 4.79 Å². The van der Waals surface area contributed by atoms with Gasteiger partial charge in [0.05, 0.1) is 5.69 Å². The highest BCUT2D eigenvalue weighted by Gasteiger charge is 2.05. The molecule has 0 aliphatic carbocycles. The molecule has 1 heterocycles. The highest BCUT2D eigenvalue weighted by Crippen LogP contribution is 2.13.